The molecule has 0 spiro atoms. The SMILES string of the molecule is Cc1[c-]c(-c2cc(C)ccn2)c2oc3ccc(C)cc3c2c1.Cc1c[c-]c(-c2ccccn2)cc1.[Ir]. The number of rotatable bonds is 2. The van der Waals surface area contributed by atoms with Crippen LogP contribution in [0.15, 0.2) is 89.6 Å². The summed E-state index contributed by atoms with van der Waals surface area (Å²) in [5.41, 5.74) is 10.4. The summed E-state index contributed by atoms with van der Waals surface area (Å²) in [6, 6.07) is 31.1. The topological polar surface area (TPSA) is 38.9 Å². The molecule has 0 fully saturated rings. The number of furan rings is 1. The molecule has 0 saturated carbocycles. The number of fused-ring (bicyclic) bond motifs is 3. The van der Waals surface area contributed by atoms with Gasteiger partial charge in [-0.25, -0.2) is 0 Å². The van der Waals surface area contributed by atoms with Gasteiger partial charge in [0.15, 0.2) is 0 Å². The number of hydrogen-bond acceptors (Lipinski definition) is 3. The molecule has 3 nitrogen and oxygen atoms in total. The Morgan fingerprint density at radius 3 is 2.19 bits per heavy atom. The van der Waals surface area contributed by atoms with Crippen LogP contribution in [-0.4, -0.2) is 9.97 Å². The van der Waals surface area contributed by atoms with Gasteiger partial charge in [0.1, 0.15) is 5.58 Å². The zero-order chi connectivity index (χ0) is 24.4. The van der Waals surface area contributed by atoms with E-state index in [1.54, 1.807) is 6.20 Å². The van der Waals surface area contributed by atoms with E-state index in [4.69, 9.17) is 4.42 Å². The Morgan fingerprint density at radius 1 is 0.694 bits per heavy atom. The first-order valence-corrected chi connectivity index (χ1v) is 11.7. The van der Waals surface area contributed by atoms with E-state index in [9.17, 15) is 0 Å². The molecule has 181 valence electrons. The van der Waals surface area contributed by atoms with Gasteiger partial charge in [-0.2, -0.15) is 0 Å². The fourth-order valence-corrected chi connectivity index (χ4v) is 4.10. The van der Waals surface area contributed by atoms with Crippen LogP contribution in [0.5, 0.6) is 0 Å². The minimum absolute atomic E-state index is 0. The predicted octanol–water partition coefficient (Wildman–Crippen LogP) is 8.23. The second-order valence-electron chi connectivity index (χ2n) is 8.88. The van der Waals surface area contributed by atoms with E-state index in [1.807, 2.05) is 48.7 Å². The molecule has 0 amide bonds. The third-order valence-corrected chi connectivity index (χ3v) is 5.87. The first kappa shape index (κ1) is 25.5. The standard InChI is InChI=1S/C20H16NO.C12H10N.Ir/c1-12-4-5-19-15(8-12)16-9-14(3)10-17(20(16)22-19)18-11-13(2)6-7-21-18;1-10-5-7-11(8-6-10)12-4-2-3-9-13-12;/h4-9,11H,1-3H3;2-7,9H,1H3;/q2*-1;. The number of nitrogens with zero attached hydrogens (tertiary/aromatic N) is 2. The average Bonchev–Trinajstić information content (AvgIpc) is 3.22. The van der Waals surface area contributed by atoms with Crippen LogP contribution in [0.25, 0.3) is 44.5 Å². The maximum atomic E-state index is 6.12. The summed E-state index contributed by atoms with van der Waals surface area (Å²) < 4.78 is 6.12. The van der Waals surface area contributed by atoms with Crippen LogP contribution in [0.2, 0.25) is 0 Å². The van der Waals surface area contributed by atoms with Gasteiger partial charge >= 0.3 is 0 Å². The van der Waals surface area contributed by atoms with Crippen molar-refractivity contribution < 1.29 is 24.5 Å². The molecule has 0 aliphatic rings. The van der Waals surface area contributed by atoms with Crippen molar-refractivity contribution in [2.75, 3.05) is 0 Å². The first-order valence-electron chi connectivity index (χ1n) is 11.7. The minimum atomic E-state index is 0. The quantitative estimate of drug-likeness (QED) is 0.178. The summed E-state index contributed by atoms with van der Waals surface area (Å²) in [5.74, 6) is 0. The van der Waals surface area contributed by atoms with E-state index < -0.39 is 0 Å². The molecule has 0 atom stereocenters. The molecule has 0 aliphatic heterocycles. The maximum Gasteiger partial charge on any atom is 0.120 e. The maximum absolute atomic E-state index is 6.12. The van der Waals surface area contributed by atoms with Crippen molar-refractivity contribution in [1.82, 2.24) is 9.97 Å². The van der Waals surface area contributed by atoms with Crippen molar-refractivity contribution in [2.24, 2.45) is 0 Å². The van der Waals surface area contributed by atoms with Gasteiger partial charge in [-0.1, -0.05) is 60.2 Å². The van der Waals surface area contributed by atoms with Gasteiger partial charge in [0.2, 0.25) is 0 Å². The van der Waals surface area contributed by atoms with Gasteiger partial charge in [-0.15, -0.1) is 53.1 Å². The van der Waals surface area contributed by atoms with Gasteiger partial charge in [-0.3, -0.25) is 0 Å². The van der Waals surface area contributed by atoms with Crippen LogP contribution in [0.3, 0.4) is 0 Å². The molecule has 3 heterocycles. The van der Waals surface area contributed by atoms with Crippen molar-refractivity contribution in [3.8, 4) is 22.5 Å². The fourth-order valence-electron chi connectivity index (χ4n) is 4.10. The van der Waals surface area contributed by atoms with Gasteiger partial charge < -0.3 is 14.4 Å². The van der Waals surface area contributed by atoms with Crippen LogP contribution < -0.4 is 0 Å². The van der Waals surface area contributed by atoms with Crippen LogP contribution in [0.1, 0.15) is 22.3 Å². The molecular weight excluding hydrogens is 621 g/mol. The van der Waals surface area contributed by atoms with E-state index >= 15 is 0 Å². The number of benzene rings is 3. The Kier molecular flexibility index (Phi) is 7.78. The molecule has 3 aromatic heterocycles. The Hall–Kier alpha value is -3.59. The summed E-state index contributed by atoms with van der Waals surface area (Å²) in [5, 5.41) is 2.29. The van der Waals surface area contributed by atoms with E-state index in [-0.39, 0.29) is 20.1 Å². The third kappa shape index (κ3) is 5.46. The van der Waals surface area contributed by atoms with Crippen molar-refractivity contribution >= 4 is 21.9 Å². The van der Waals surface area contributed by atoms with E-state index in [0.717, 1.165) is 50.0 Å². The smallest absolute Gasteiger partial charge is 0.120 e. The van der Waals surface area contributed by atoms with E-state index in [1.165, 1.54) is 16.7 Å². The summed E-state index contributed by atoms with van der Waals surface area (Å²) in [7, 11) is 0. The van der Waals surface area contributed by atoms with Crippen molar-refractivity contribution in [3.05, 3.63) is 120 Å². The number of hydrogen-bond donors (Lipinski definition) is 0. The van der Waals surface area contributed by atoms with Crippen LogP contribution in [-0.2, 0) is 20.1 Å². The first-order chi connectivity index (χ1) is 17.0. The molecule has 6 aromatic rings. The Morgan fingerprint density at radius 2 is 1.47 bits per heavy atom. The van der Waals surface area contributed by atoms with Gasteiger partial charge in [0.25, 0.3) is 0 Å². The van der Waals surface area contributed by atoms with Crippen LogP contribution >= 0.6 is 0 Å². The predicted molar refractivity (Wildman–Crippen MR) is 143 cm³/mol. The normalized spacial score (nSPS) is 10.6. The molecule has 4 heteroatoms. The molecular formula is C32H26IrN2O-2. The zero-order valence-corrected chi connectivity index (χ0v) is 23.1. The van der Waals surface area contributed by atoms with E-state index in [0.29, 0.717) is 0 Å². The summed E-state index contributed by atoms with van der Waals surface area (Å²) in [6.07, 6.45) is 3.63. The van der Waals surface area contributed by atoms with Crippen molar-refractivity contribution in [3.63, 3.8) is 0 Å². The average molecular weight is 647 g/mol. The molecule has 1 radical (unpaired) electrons. The molecule has 3 aromatic carbocycles. The van der Waals surface area contributed by atoms with Gasteiger partial charge in [0.05, 0.1) is 5.58 Å². The third-order valence-electron chi connectivity index (χ3n) is 5.87. The summed E-state index contributed by atoms with van der Waals surface area (Å²) in [6.45, 7) is 8.29. The Labute approximate surface area is 225 Å². The van der Waals surface area contributed by atoms with Crippen molar-refractivity contribution in [1.29, 1.82) is 0 Å². The summed E-state index contributed by atoms with van der Waals surface area (Å²) in [4.78, 5) is 8.74. The molecule has 0 saturated heterocycles. The summed E-state index contributed by atoms with van der Waals surface area (Å²) >= 11 is 0. The van der Waals surface area contributed by atoms with E-state index in [2.05, 4.69) is 80.1 Å². The fraction of sp³-hybridized carbons (Fsp3) is 0.125. The number of aryl methyl sites for hydroxylation is 4. The zero-order valence-electron chi connectivity index (χ0n) is 20.7. The number of pyridine rings is 2. The molecule has 36 heavy (non-hydrogen) atoms. The molecule has 0 N–H and O–H groups in total. The second kappa shape index (κ2) is 11.0. The Balaban J connectivity index is 0.000000187. The van der Waals surface area contributed by atoms with Crippen molar-refractivity contribution in [2.45, 2.75) is 27.7 Å². The second-order valence-corrected chi connectivity index (χ2v) is 8.88. The Bertz CT molecular complexity index is 1620. The van der Waals surface area contributed by atoms with Crippen LogP contribution in [0.4, 0.5) is 0 Å². The van der Waals surface area contributed by atoms with Gasteiger partial charge in [0, 0.05) is 37.9 Å². The molecule has 6 rings (SSSR count). The molecule has 0 unspecified atom stereocenters. The van der Waals surface area contributed by atoms with Gasteiger partial charge in [-0.05, 0) is 49.5 Å². The van der Waals surface area contributed by atoms with Crippen LogP contribution in [0, 0.1) is 39.8 Å². The monoisotopic (exact) mass is 647 g/mol. The molecule has 0 bridgehead atoms. The number of aromatic nitrogens is 2. The minimum Gasteiger partial charge on any atom is -0.501 e. The molecule has 0 aliphatic carbocycles. The largest absolute Gasteiger partial charge is 0.501 e.